The van der Waals surface area contributed by atoms with Crippen LogP contribution in [-0.4, -0.2) is 28.7 Å². The molecule has 2 heterocycles. The van der Waals surface area contributed by atoms with E-state index in [2.05, 4.69) is 4.98 Å². The molecule has 3 N–H and O–H groups in total. The van der Waals surface area contributed by atoms with E-state index in [-0.39, 0.29) is 35.7 Å². The molecule has 1 aromatic carbocycles. The van der Waals surface area contributed by atoms with Crippen LogP contribution in [0, 0.1) is 25.6 Å². The van der Waals surface area contributed by atoms with E-state index in [1.807, 2.05) is 18.7 Å². The molecule has 0 unspecified atom stereocenters. The summed E-state index contributed by atoms with van der Waals surface area (Å²) in [5, 5.41) is 0.290. The minimum Gasteiger partial charge on any atom is -0.369 e. The number of nitrogens with one attached hydrogen (secondary N) is 1. The summed E-state index contributed by atoms with van der Waals surface area (Å²) in [6.07, 6.45) is 2.73. The molecule has 0 bridgehead atoms. The van der Waals surface area contributed by atoms with Crippen molar-refractivity contribution in [1.82, 2.24) is 9.55 Å². The lowest BCUT2D eigenvalue weighted by Crippen LogP contribution is -2.33. The highest BCUT2D eigenvalue weighted by Crippen LogP contribution is 2.40. The predicted octanol–water partition coefficient (Wildman–Crippen LogP) is 2.38. The summed E-state index contributed by atoms with van der Waals surface area (Å²) in [5.41, 5.74) is 7.19. The van der Waals surface area contributed by atoms with Gasteiger partial charge in [-0.05, 0) is 46.0 Å². The standard InChI is InChI=1S/C19H25FN4O2.ClH/c1-9-14-16(24(13-4-5-13)19(26)22-18(14)25)10(2)17(15(9)20)23-7-6-12(8-23)11(3)21;/h11-13H,4-8,21H2,1-3H3,(H,22,25,26);1H/t11-,12+;/m0./s1. The number of aryl methyl sites for hydroxylation is 2. The number of hydrogen-bond donors (Lipinski definition) is 2. The van der Waals surface area contributed by atoms with Crippen LogP contribution >= 0.6 is 12.4 Å². The van der Waals surface area contributed by atoms with Crippen molar-refractivity contribution in [2.45, 2.75) is 52.1 Å². The van der Waals surface area contributed by atoms with Crippen molar-refractivity contribution >= 4 is 29.0 Å². The molecule has 0 radical (unpaired) electrons. The van der Waals surface area contributed by atoms with Crippen molar-refractivity contribution in [3.05, 3.63) is 37.8 Å². The van der Waals surface area contributed by atoms with Crippen molar-refractivity contribution in [2.24, 2.45) is 11.7 Å². The van der Waals surface area contributed by atoms with Gasteiger partial charge in [0.15, 0.2) is 5.82 Å². The maximum atomic E-state index is 15.3. The summed E-state index contributed by atoms with van der Waals surface area (Å²) in [4.78, 5) is 29.3. The molecule has 6 nitrogen and oxygen atoms in total. The lowest BCUT2D eigenvalue weighted by atomic mass is 10.0. The molecule has 2 atom stereocenters. The SMILES string of the molecule is Cc1c(F)c(N2CC[C@@H]([C@H](C)N)C2)c(C)c2c1c(=O)[nH]c(=O)n2C1CC1.Cl. The molecule has 1 saturated carbocycles. The number of benzene rings is 1. The van der Waals surface area contributed by atoms with E-state index in [4.69, 9.17) is 5.73 Å². The lowest BCUT2D eigenvalue weighted by Gasteiger charge is -2.25. The highest BCUT2D eigenvalue weighted by atomic mass is 35.5. The van der Waals surface area contributed by atoms with Crippen LogP contribution in [0.4, 0.5) is 10.1 Å². The van der Waals surface area contributed by atoms with E-state index in [0.29, 0.717) is 34.8 Å². The average molecular weight is 397 g/mol. The van der Waals surface area contributed by atoms with Gasteiger partial charge in [-0.1, -0.05) is 0 Å². The molecule has 1 aliphatic carbocycles. The Morgan fingerprint density at radius 3 is 2.41 bits per heavy atom. The summed E-state index contributed by atoms with van der Waals surface area (Å²) in [6.45, 7) is 6.84. The first-order chi connectivity index (χ1) is 12.3. The van der Waals surface area contributed by atoms with Gasteiger partial charge in [0.1, 0.15) is 0 Å². The summed E-state index contributed by atoms with van der Waals surface area (Å²) < 4.78 is 16.9. The number of anilines is 1. The first-order valence-corrected chi connectivity index (χ1v) is 9.29. The van der Waals surface area contributed by atoms with Gasteiger partial charge in [0.05, 0.1) is 16.6 Å². The molecule has 0 spiro atoms. The normalized spacial score (nSPS) is 20.8. The van der Waals surface area contributed by atoms with E-state index < -0.39 is 11.2 Å². The molecule has 2 aromatic rings. The number of rotatable bonds is 3. The van der Waals surface area contributed by atoms with Crippen molar-refractivity contribution < 1.29 is 4.39 Å². The smallest absolute Gasteiger partial charge is 0.329 e. The molecular formula is C19H26ClFN4O2. The topological polar surface area (TPSA) is 84.1 Å². The van der Waals surface area contributed by atoms with Gasteiger partial charge in [-0.2, -0.15) is 0 Å². The number of halogens is 2. The van der Waals surface area contributed by atoms with Gasteiger partial charge in [-0.25, -0.2) is 9.18 Å². The minimum atomic E-state index is -0.511. The van der Waals surface area contributed by atoms with Crippen LogP contribution in [0.3, 0.4) is 0 Å². The third-order valence-electron chi connectivity index (χ3n) is 5.96. The number of aromatic amines is 1. The fraction of sp³-hybridized carbons (Fsp3) is 0.579. The fourth-order valence-electron chi connectivity index (χ4n) is 4.31. The number of H-pyrrole nitrogens is 1. The first-order valence-electron chi connectivity index (χ1n) is 9.29. The molecule has 27 heavy (non-hydrogen) atoms. The van der Waals surface area contributed by atoms with E-state index in [9.17, 15) is 9.59 Å². The van der Waals surface area contributed by atoms with Crippen molar-refractivity contribution in [3.8, 4) is 0 Å². The minimum absolute atomic E-state index is 0. The second kappa shape index (κ2) is 6.95. The van der Waals surface area contributed by atoms with E-state index in [1.165, 1.54) is 0 Å². The Morgan fingerprint density at radius 2 is 1.85 bits per heavy atom. The first kappa shape index (κ1) is 19.9. The van der Waals surface area contributed by atoms with Crippen LogP contribution < -0.4 is 21.9 Å². The van der Waals surface area contributed by atoms with Crippen molar-refractivity contribution in [2.75, 3.05) is 18.0 Å². The van der Waals surface area contributed by atoms with E-state index in [1.54, 1.807) is 11.5 Å². The highest BCUT2D eigenvalue weighted by molar-refractivity contribution is 5.90. The Labute approximate surface area is 163 Å². The van der Waals surface area contributed by atoms with Crippen LogP contribution in [0.25, 0.3) is 10.9 Å². The second-order valence-corrected chi connectivity index (χ2v) is 7.85. The Morgan fingerprint density at radius 1 is 1.19 bits per heavy atom. The molecule has 0 amide bonds. The third kappa shape index (κ3) is 3.06. The summed E-state index contributed by atoms with van der Waals surface area (Å²) in [7, 11) is 0. The summed E-state index contributed by atoms with van der Waals surface area (Å²) >= 11 is 0. The van der Waals surface area contributed by atoms with Crippen LogP contribution in [0.2, 0.25) is 0 Å². The maximum absolute atomic E-state index is 15.3. The summed E-state index contributed by atoms with van der Waals surface area (Å²) in [5.74, 6) is -0.0542. The highest BCUT2D eigenvalue weighted by Gasteiger charge is 2.33. The Hall–Kier alpha value is -1.86. The zero-order valence-corrected chi connectivity index (χ0v) is 16.7. The predicted molar refractivity (Wildman–Crippen MR) is 108 cm³/mol. The van der Waals surface area contributed by atoms with Crippen LogP contribution in [0.15, 0.2) is 9.59 Å². The molecule has 1 aromatic heterocycles. The van der Waals surface area contributed by atoms with Crippen molar-refractivity contribution in [1.29, 1.82) is 0 Å². The number of nitrogens with two attached hydrogens (primary N) is 1. The van der Waals surface area contributed by atoms with Gasteiger partial charge >= 0.3 is 5.69 Å². The molecule has 1 saturated heterocycles. The van der Waals surface area contributed by atoms with Gasteiger partial charge < -0.3 is 10.6 Å². The van der Waals surface area contributed by atoms with Gasteiger partial charge in [-0.15, -0.1) is 12.4 Å². The largest absolute Gasteiger partial charge is 0.369 e. The zero-order chi connectivity index (χ0) is 18.7. The average Bonchev–Trinajstić information content (AvgIpc) is 3.28. The molecule has 4 rings (SSSR count). The molecule has 1 aliphatic heterocycles. The summed E-state index contributed by atoms with van der Waals surface area (Å²) in [6, 6.07) is 0.145. The van der Waals surface area contributed by atoms with Crippen LogP contribution in [-0.2, 0) is 0 Å². The van der Waals surface area contributed by atoms with E-state index >= 15 is 4.39 Å². The van der Waals surface area contributed by atoms with Crippen molar-refractivity contribution in [3.63, 3.8) is 0 Å². The molecule has 2 aliphatic rings. The second-order valence-electron chi connectivity index (χ2n) is 7.85. The van der Waals surface area contributed by atoms with Gasteiger partial charge in [0, 0.05) is 36.3 Å². The number of nitrogens with zero attached hydrogens (tertiary/aromatic N) is 2. The Kier molecular flexibility index (Phi) is 5.12. The third-order valence-corrected chi connectivity index (χ3v) is 5.96. The van der Waals surface area contributed by atoms with Gasteiger partial charge in [0.2, 0.25) is 0 Å². The molecule has 8 heteroatoms. The van der Waals surface area contributed by atoms with E-state index in [0.717, 1.165) is 25.8 Å². The monoisotopic (exact) mass is 396 g/mol. The van der Waals surface area contributed by atoms with Gasteiger partial charge in [0.25, 0.3) is 5.56 Å². The fourth-order valence-corrected chi connectivity index (χ4v) is 4.31. The van der Waals surface area contributed by atoms with Crippen LogP contribution in [0.5, 0.6) is 0 Å². The number of hydrogen-bond acceptors (Lipinski definition) is 4. The van der Waals surface area contributed by atoms with Gasteiger partial charge in [-0.3, -0.25) is 14.3 Å². The number of aromatic nitrogens is 2. The maximum Gasteiger partial charge on any atom is 0.329 e. The number of fused-ring (bicyclic) bond motifs is 1. The molecule has 2 fully saturated rings. The van der Waals surface area contributed by atoms with Crippen LogP contribution in [0.1, 0.15) is 43.4 Å². The Bertz CT molecular complexity index is 1010. The Balaban J connectivity index is 0.00000210. The quantitative estimate of drug-likeness (QED) is 0.834. The molecule has 148 valence electrons. The molecular weight excluding hydrogens is 371 g/mol. The zero-order valence-electron chi connectivity index (χ0n) is 15.8. The lowest BCUT2D eigenvalue weighted by molar-refractivity contribution is 0.487.